The number of primary amides is 1. The highest BCUT2D eigenvalue weighted by Gasteiger charge is 2.37. The van der Waals surface area contributed by atoms with Crippen LogP contribution in [0.15, 0.2) is 41.3 Å². The average molecular weight is 537 g/mol. The summed E-state index contributed by atoms with van der Waals surface area (Å²) in [6.07, 6.45) is -3.01. The van der Waals surface area contributed by atoms with Gasteiger partial charge >= 0.3 is 6.18 Å². The second-order valence-corrected chi connectivity index (χ2v) is 9.21. The van der Waals surface area contributed by atoms with E-state index in [0.717, 1.165) is 18.6 Å². The Morgan fingerprint density at radius 3 is 2.45 bits per heavy atom. The van der Waals surface area contributed by atoms with E-state index >= 15 is 4.39 Å². The van der Waals surface area contributed by atoms with Crippen LogP contribution < -0.4 is 16.0 Å². The van der Waals surface area contributed by atoms with Crippen molar-refractivity contribution in [3.8, 4) is 28.5 Å². The number of aromatic nitrogens is 3. The molecule has 3 N–H and O–H groups in total. The van der Waals surface area contributed by atoms with Crippen LogP contribution in [0.5, 0.6) is 5.88 Å². The Labute approximate surface area is 216 Å². The van der Waals surface area contributed by atoms with Gasteiger partial charge < -0.3 is 20.2 Å². The minimum absolute atomic E-state index is 0.0236. The number of hydrogen-bond donors (Lipinski definition) is 2. The normalized spacial score (nSPS) is 12.0. The van der Waals surface area contributed by atoms with Crippen LogP contribution in [-0.2, 0) is 22.1 Å². The van der Waals surface area contributed by atoms with Crippen molar-refractivity contribution in [2.75, 3.05) is 19.8 Å². The molecule has 204 valence electrons. The molecule has 2 aromatic heterocycles. The minimum atomic E-state index is -4.95. The molecule has 0 spiro atoms. The van der Waals surface area contributed by atoms with Crippen LogP contribution in [0.1, 0.15) is 38.3 Å². The van der Waals surface area contributed by atoms with E-state index in [1.54, 1.807) is 0 Å². The number of pyridine rings is 1. The number of nitrogens with zero attached hydrogens (tertiary/aromatic N) is 2. The van der Waals surface area contributed by atoms with Gasteiger partial charge in [-0.25, -0.2) is 14.4 Å². The third-order valence-electron chi connectivity index (χ3n) is 5.66. The molecule has 8 nitrogen and oxygen atoms in total. The van der Waals surface area contributed by atoms with E-state index in [4.69, 9.17) is 15.2 Å². The van der Waals surface area contributed by atoms with E-state index in [0.29, 0.717) is 24.8 Å². The van der Waals surface area contributed by atoms with Crippen molar-refractivity contribution in [3.63, 3.8) is 0 Å². The van der Waals surface area contributed by atoms with E-state index < -0.39 is 45.8 Å². The first kappa shape index (κ1) is 28.8. The highest BCUT2D eigenvalue weighted by molar-refractivity contribution is 5.80. The van der Waals surface area contributed by atoms with Gasteiger partial charge in [-0.05, 0) is 30.5 Å². The molecule has 3 aromatic rings. The molecule has 0 fully saturated rings. The summed E-state index contributed by atoms with van der Waals surface area (Å²) in [5.41, 5.74) is 1.14. The molecule has 0 aliphatic heterocycles. The smallest absolute Gasteiger partial charge is 0.417 e. The Hall–Kier alpha value is -3.80. The second kappa shape index (κ2) is 11.7. The zero-order chi connectivity index (χ0) is 28.1. The Morgan fingerprint density at radius 1 is 1.11 bits per heavy atom. The summed E-state index contributed by atoms with van der Waals surface area (Å²) in [7, 11) is 0. The number of H-pyrrole nitrogens is 1. The van der Waals surface area contributed by atoms with Crippen LogP contribution in [0.25, 0.3) is 22.6 Å². The van der Waals surface area contributed by atoms with Gasteiger partial charge in [0.15, 0.2) is 0 Å². The lowest BCUT2D eigenvalue weighted by Crippen LogP contribution is -2.33. The van der Waals surface area contributed by atoms with Crippen LogP contribution in [0.4, 0.5) is 17.6 Å². The molecule has 0 atom stereocenters. The molecule has 0 aliphatic carbocycles. The number of carbonyl (C=O) groups is 1. The Morgan fingerprint density at radius 2 is 1.84 bits per heavy atom. The molecule has 0 saturated heterocycles. The molecule has 1 aromatic carbocycles. The molecule has 3 rings (SSSR count). The highest BCUT2D eigenvalue weighted by Crippen LogP contribution is 2.39. The van der Waals surface area contributed by atoms with Gasteiger partial charge in [0.1, 0.15) is 18.2 Å². The van der Waals surface area contributed by atoms with Crippen LogP contribution in [0.3, 0.4) is 0 Å². The third kappa shape index (κ3) is 6.94. The number of hydrogen-bond acceptors (Lipinski definition) is 6. The molecular weight excluding hydrogens is 508 g/mol. The number of alkyl halides is 3. The molecule has 0 saturated carbocycles. The van der Waals surface area contributed by atoms with E-state index in [1.165, 1.54) is 32.2 Å². The van der Waals surface area contributed by atoms with Gasteiger partial charge in [0, 0.05) is 35.9 Å². The molecule has 0 aliphatic rings. The lowest BCUT2D eigenvalue weighted by Gasteiger charge is -2.22. The van der Waals surface area contributed by atoms with Crippen molar-refractivity contribution >= 4 is 5.91 Å². The van der Waals surface area contributed by atoms with E-state index in [9.17, 15) is 22.8 Å². The van der Waals surface area contributed by atoms with Crippen LogP contribution in [-0.4, -0.2) is 40.7 Å². The Kier molecular flexibility index (Phi) is 8.87. The largest absolute Gasteiger partial charge is 0.475 e. The number of aromatic amines is 1. The zero-order valence-corrected chi connectivity index (χ0v) is 21.1. The topological polar surface area (TPSA) is 120 Å². The number of amides is 1. The quantitative estimate of drug-likeness (QED) is 0.275. The molecule has 1 amide bonds. The summed E-state index contributed by atoms with van der Waals surface area (Å²) >= 11 is 0. The van der Waals surface area contributed by atoms with Gasteiger partial charge in [0.2, 0.25) is 11.8 Å². The summed E-state index contributed by atoms with van der Waals surface area (Å²) < 4.78 is 68.0. The predicted molar refractivity (Wildman–Crippen MR) is 132 cm³/mol. The van der Waals surface area contributed by atoms with Gasteiger partial charge in [-0.3, -0.25) is 9.59 Å². The first-order valence-electron chi connectivity index (χ1n) is 11.8. The predicted octanol–water partition coefficient (Wildman–Crippen LogP) is 4.52. The maximum absolute atomic E-state index is 15.6. The van der Waals surface area contributed by atoms with Crippen molar-refractivity contribution in [1.29, 1.82) is 0 Å². The third-order valence-corrected chi connectivity index (χ3v) is 5.66. The van der Waals surface area contributed by atoms with Crippen LogP contribution in [0, 0.1) is 11.2 Å². The fourth-order valence-electron chi connectivity index (χ4n) is 3.58. The first-order valence-corrected chi connectivity index (χ1v) is 11.8. The van der Waals surface area contributed by atoms with Gasteiger partial charge in [-0.15, -0.1) is 0 Å². The monoisotopic (exact) mass is 536 g/mol. The maximum atomic E-state index is 15.6. The van der Waals surface area contributed by atoms with Crippen molar-refractivity contribution < 1.29 is 31.8 Å². The highest BCUT2D eigenvalue weighted by atomic mass is 19.4. The van der Waals surface area contributed by atoms with Crippen LogP contribution >= 0.6 is 0 Å². The fourth-order valence-corrected chi connectivity index (χ4v) is 3.58. The summed E-state index contributed by atoms with van der Waals surface area (Å²) in [6.45, 7) is 6.13. The van der Waals surface area contributed by atoms with Gasteiger partial charge in [-0.1, -0.05) is 26.8 Å². The fraction of sp³-hybridized carbons (Fsp3) is 0.385. The van der Waals surface area contributed by atoms with E-state index in [2.05, 4.69) is 15.0 Å². The van der Waals surface area contributed by atoms with E-state index in [1.807, 2.05) is 6.92 Å². The van der Waals surface area contributed by atoms with Crippen LogP contribution in [0.2, 0.25) is 0 Å². The molecule has 2 heterocycles. The SMILES string of the molecule is CCCOCCOc1ccc(-c2cc(=O)[nH]c(-c3c(C(F)(F)F)ccc(CC(C)(C)C(N)=O)c3F)n2)cn1. The Balaban J connectivity index is 2.01. The number of carbonyl (C=O) groups excluding carboxylic acids is 1. The molecule has 12 heteroatoms. The number of halogens is 4. The zero-order valence-electron chi connectivity index (χ0n) is 21.1. The van der Waals surface area contributed by atoms with Gasteiger partial charge in [0.05, 0.1) is 23.4 Å². The molecule has 0 unspecified atom stereocenters. The summed E-state index contributed by atoms with van der Waals surface area (Å²) in [6, 6.07) is 5.73. The average Bonchev–Trinajstić information content (AvgIpc) is 2.84. The summed E-state index contributed by atoms with van der Waals surface area (Å²) in [5, 5.41) is 0. The summed E-state index contributed by atoms with van der Waals surface area (Å²) in [4.78, 5) is 34.6. The summed E-state index contributed by atoms with van der Waals surface area (Å²) in [5.74, 6) is -2.36. The number of rotatable bonds is 11. The molecule has 38 heavy (non-hydrogen) atoms. The minimum Gasteiger partial charge on any atom is -0.475 e. The van der Waals surface area contributed by atoms with E-state index in [-0.39, 0.29) is 30.2 Å². The van der Waals surface area contributed by atoms with Gasteiger partial charge in [-0.2, -0.15) is 13.2 Å². The second-order valence-electron chi connectivity index (χ2n) is 9.21. The number of nitrogens with one attached hydrogen (secondary N) is 1. The van der Waals surface area contributed by atoms with Crippen molar-refractivity contribution in [2.24, 2.45) is 11.1 Å². The Bertz CT molecular complexity index is 1340. The first-order chi connectivity index (χ1) is 17.8. The maximum Gasteiger partial charge on any atom is 0.417 e. The van der Waals surface area contributed by atoms with Crippen molar-refractivity contribution in [3.05, 3.63) is 63.8 Å². The number of nitrogens with two attached hydrogens (primary N) is 1. The molecular formula is C26H28F4N4O4. The van der Waals surface area contributed by atoms with Crippen molar-refractivity contribution in [2.45, 2.75) is 39.8 Å². The standard InChI is InChI=1S/C26H28F4N4O4/c1-4-9-37-10-11-38-20-8-6-16(14-32-20)18-12-19(35)34-23(33-18)21-17(26(28,29)30)7-5-15(22(21)27)13-25(2,3)24(31)36/h5-8,12,14H,4,9-11,13H2,1-3H3,(H2,31,36)(H,33,34,35). The molecule has 0 bridgehead atoms. The number of benzene rings is 1. The lowest BCUT2D eigenvalue weighted by molar-refractivity contribution is -0.137. The lowest BCUT2D eigenvalue weighted by atomic mass is 9.84. The van der Waals surface area contributed by atoms with Crippen molar-refractivity contribution in [1.82, 2.24) is 15.0 Å². The molecule has 0 radical (unpaired) electrons. The van der Waals surface area contributed by atoms with Gasteiger partial charge in [0.25, 0.3) is 5.56 Å². The number of ether oxygens (including phenoxy) is 2.